The highest BCUT2D eigenvalue weighted by Crippen LogP contribution is 2.31. The zero-order chi connectivity index (χ0) is 29.7. The number of halogens is 3. The molecule has 0 heterocycles. The summed E-state index contributed by atoms with van der Waals surface area (Å²) < 4.78 is 19.6. The van der Waals surface area contributed by atoms with Crippen LogP contribution in [0, 0.1) is 12.7 Å². The van der Waals surface area contributed by atoms with Gasteiger partial charge in [0.1, 0.15) is 17.3 Å². The number of likely N-dealkylation sites (N-methyl/N-ethyl adjacent to an activating group) is 1. The van der Waals surface area contributed by atoms with E-state index in [1.54, 1.807) is 55.3 Å². The Morgan fingerprint density at radius 3 is 2.39 bits per heavy atom. The van der Waals surface area contributed by atoms with Crippen LogP contribution >= 0.6 is 23.2 Å². The average Bonchev–Trinajstić information content (AvgIpc) is 2.95. The Labute approximate surface area is 249 Å². The van der Waals surface area contributed by atoms with Gasteiger partial charge in [0, 0.05) is 43.0 Å². The number of nitrogens with zero attached hydrogens (tertiary/aromatic N) is 2. The standard InChI is InChI=1S/C31H32Cl2FN3O4/c1-19-15-24(12-14-27(19)34)41-28-16-21(32)10-9-20(28)18-36(2)31(40)29(38)35-22-11-13-25(26(33)17-22)30(39)37(3)23-7-5-4-6-8-23/h9-17,23H,4-8,18H2,1-3H3,(H,35,38). The number of aryl methyl sites for hydroxylation is 1. The molecule has 0 radical (unpaired) electrons. The van der Waals surface area contributed by atoms with E-state index < -0.39 is 11.8 Å². The molecule has 0 atom stereocenters. The zero-order valence-corrected chi connectivity index (χ0v) is 24.7. The number of ether oxygens (including phenoxy) is 1. The largest absolute Gasteiger partial charge is 0.457 e. The van der Waals surface area contributed by atoms with Gasteiger partial charge in [0.2, 0.25) is 0 Å². The number of amides is 3. The SMILES string of the molecule is Cc1cc(Oc2cc(Cl)ccc2CN(C)C(=O)C(=O)Nc2ccc(C(=O)N(C)C3CCCCC3)c(Cl)c2)ccc1F. The molecule has 1 saturated carbocycles. The lowest BCUT2D eigenvalue weighted by Crippen LogP contribution is -2.38. The number of carbonyl (C=O) groups is 3. The molecule has 3 aromatic rings. The summed E-state index contributed by atoms with van der Waals surface area (Å²) in [6.45, 7) is 1.67. The van der Waals surface area contributed by atoms with Crippen molar-refractivity contribution in [3.05, 3.63) is 87.2 Å². The predicted octanol–water partition coefficient (Wildman–Crippen LogP) is 7.24. The second-order valence-electron chi connectivity index (χ2n) is 10.3. The van der Waals surface area contributed by atoms with Crippen molar-refractivity contribution in [1.29, 1.82) is 0 Å². The van der Waals surface area contributed by atoms with Gasteiger partial charge in [-0.3, -0.25) is 14.4 Å². The fourth-order valence-corrected chi connectivity index (χ4v) is 5.26. The number of hydrogen-bond donors (Lipinski definition) is 1. The molecule has 3 aromatic carbocycles. The molecule has 0 bridgehead atoms. The maximum absolute atomic E-state index is 13.7. The van der Waals surface area contributed by atoms with Gasteiger partial charge in [-0.25, -0.2) is 4.39 Å². The number of rotatable bonds is 7. The van der Waals surface area contributed by atoms with E-state index in [1.807, 2.05) is 0 Å². The predicted molar refractivity (Wildman–Crippen MR) is 158 cm³/mol. The summed E-state index contributed by atoms with van der Waals surface area (Å²) in [4.78, 5) is 41.7. The molecule has 10 heteroatoms. The number of anilines is 1. The second-order valence-corrected chi connectivity index (χ2v) is 11.1. The van der Waals surface area contributed by atoms with Gasteiger partial charge in [-0.05, 0) is 73.9 Å². The van der Waals surface area contributed by atoms with Gasteiger partial charge in [-0.15, -0.1) is 0 Å². The van der Waals surface area contributed by atoms with Gasteiger partial charge in [0.25, 0.3) is 5.91 Å². The highest BCUT2D eigenvalue weighted by atomic mass is 35.5. The second kappa shape index (κ2) is 13.4. The molecule has 4 rings (SSSR count). The van der Waals surface area contributed by atoms with Crippen molar-refractivity contribution in [2.75, 3.05) is 19.4 Å². The van der Waals surface area contributed by atoms with Crippen LogP contribution in [0.15, 0.2) is 54.6 Å². The minimum Gasteiger partial charge on any atom is -0.457 e. The summed E-state index contributed by atoms with van der Waals surface area (Å²) >= 11 is 12.6. The van der Waals surface area contributed by atoms with Gasteiger partial charge in [0.05, 0.1) is 10.6 Å². The van der Waals surface area contributed by atoms with Crippen molar-refractivity contribution in [3.63, 3.8) is 0 Å². The average molecular weight is 601 g/mol. The first-order chi connectivity index (χ1) is 19.5. The summed E-state index contributed by atoms with van der Waals surface area (Å²) in [6, 6.07) is 14.0. The summed E-state index contributed by atoms with van der Waals surface area (Å²) in [6.07, 6.45) is 5.33. The molecule has 1 fully saturated rings. The van der Waals surface area contributed by atoms with Crippen molar-refractivity contribution in [2.45, 2.75) is 51.6 Å². The highest BCUT2D eigenvalue weighted by molar-refractivity contribution is 6.40. The third-order valence-corrected chi connectivity index (χ3v) is 7.78. The van der Waals surface area contributed by atoms with Gasteiger partial charge in [-0.1, -0.05) is 48.5 Å². The third kappa shape index (κ3) is 7.57. The van der Waals surface area contributed by atoms with E-state index in [0.29, 0.717) is 38.9 Å². The molecule has 0 aliphatic heterocycles. The van der Waals surface area contributed by atoms with Crippen LogP contribution in [0.2, 0.25) is 10.0 Å². The van der Waals surface area contributed by atoms with Crippen LogP contribution in [-0.4, -0.2) is 47.7 Å². The van der Waals surface area contributed by atoms with E-state index in [-0.39, 0.29) is 29.3 Å². The van der Waals surface area contributed by atoms with E-state index in [1.165, 1.54) is 36.6 Å². The minimum atomic E-state index is -0.868. The third-order valence-electron chi connectivity index (χ3n) is 7.24. The molecular weight excluding hydrogens is 568 g/mol. The number of carbonyl (C=O) groups excluding carboxylic acids is 3. The molecule has 0 unspecified atom stereocenters. The molecule has 0 aromatic heterocycles. The monoisotopic (exact) mass is 599 g/mol. The van der Waals surface area contributed by atoms with E-state index in [2.05, 4.69) is 5.32 Å². The van der Waals surface area contributed by atoms with Crippen LogP contribution in [0.3, 0.4) is 0 Å². The van der Waals surface area contributed by atoms with Crippen molar-refractivity contribution >= 4 is 46.6 Å². The Morgan fingerprint density at radius 2 is 1.71 bits per heavy atom. The van der Waals surface area contributed by atoms with Gasteiger partial charge in [-0.2, -0.15) is 0 Å². The number of hydrogen-bond acceptors (Lipinski definition) is 4. The van der Waals surface area contributed by atoms with Crippen LogP contribution in [0.1, 0.15) is 53.6 Å². The fraction of sp³-hybridized carbons (Fsp3) is 0.323. The molecule has 0 spiro atoms. The minimum absolute atomic E-state index is 0.0423. The van der Waals surface area contributed by atoms with Crippen molar-refractivity contribution in [2.24, 2.45) is 0 Å². The van der Waals surface area contributed by atoms with Gasteiger partial charge >= 0.3 is 11.8 Å². The Balaban J connectivity index is 1.40. The van der Waals surface area contributed by atoms with Crippen molar-refractivity contribution in [3.8, 4) is 11.5 Å². The lowest BCUT2D eigenvalue weighted by molar-refractivity contribution is -0.142. The maximum atomic E-state index is 13.7. The molecule has 3 amide bonds. The Hall–Kier alpha value is -3.62. The first kappa shape index (κ1) is 30.3. The number of benzene rings is 3. The summed E-state index contributed by atoms with van der Waals surface area (Å²) in [7, 11) is 3.27. The Kier molecular flexibility index (Phi) is 9.89. The van der Waals surface area contributed by atoms with Crippen molar-refractivity contribution < 1.29 is 23.5 Å². The molecule has 1 aliphatic carbocycles. The lowest BCUT2D eigenvalue weighted by atomic mass is 9.94. The first-order valence-corrected chi connectivity index (χ1v) is 14.1. The fourth-order valence-electron chi connectivity index (χ4n) is 4.84. The summed E-state index contributed by atoms with van der Waals surface area (Å²) in [5, 5.41) is 3.16. The van der Waals surface area contributed by atoms with Crippen LogP contribution in [0.5, 0.6) is 11.5 Å². The maximum Gasteiger partial charge on any atom is 0.313 e. The Bertz CT molecular complexity index is 1460. The van der Waals surface area contributed by atoms with E-state index in [4.69, 9.17) is 27.9 Å². The topological polar surface area (TPSA) is 79.0 Å². The summed E-state index contributed by atoms with van der Waals surface area (Å²) in [5.74, 6) is -1.41. The molecule has 41 heavy (non-hydrogen) atoms. The Morgan fingerprint density at radius 1 is 0.976 bits per heavy atom. The highest BCUT2D eigenvalue weighted by Gasteiger charge is 2.25. The van der Waals surface area contributed by atoms with Gasteiger partial charge in [0.15, 0.2) is 0 Å². The quantitative estimate of drug-likeness (QED) is 0.290. The van der Waals surface area contributed by atoms with Crippen LogP contribution in [0.25, 0.3) is 0 Å². The molecule has 0 saturated heterocycles. The smallest absolute Gasteiger partial charge is 0.313 e. The molecule has 7 nitrogen and oxygen atoms in total. The lowest BCUT2D eigenvalue weighted by Gasteiger charge is -2.31. The summed E-state index contributed by atoms with van der Waals surface area (Å²) in [5.41, 5.74) is 1.64. The van der Waals surface area contributed by atoms with E-state index >= 15 is 0 Å². The van der Waals surface area contributed by atoms with Crippen LogP contribution in [0.4, 0.5) is 10.1 Å². The van der Waals surface area contributed by atoms with Crippen LogP contribution < -0.4 is 10.1 Å². The molecule has 1 N–H and O–H groups in total. The van der Waals surface area contributed by atoms with E-state index in [9.17, 15) is 18.8 Å². The normalized spacial score (nSPS) is 13.4. The number of nitrogens with one attached hydrogen (secondary N) is 1. The van der Waals surface area contributed by atoms with Gasteiger partial charge < -0.3 is 19.9 Å². The molecular formula is C31H32Cl2FN3O4. The first-order valence-electron chi connectivity index (χ1n) is 13.4. The van der Waals surface area contributed by atoms with Crippen LogP contribution in [-0.2, 0) is 16.1 Å². The molecule has 1 aliphatic rings. The molecule has 216 valence electrons. The van der Waals surface area contributed by atoms with Crippen molar-refractivity contribution in [1.82, 2.24) is 9.80 Å². The van der Waals surface area contributed by atoms with E-state index in [0.717, 1.165) is 25.7 Å². The zero-order valence-electron chi connectivity index (χ0n) is 23.2.